The minimum atomic E-state index is -0.413. The van der Waals surface area contributed by atoms with Crippen LogP contribution in [0.2, 0.25) is 0 Å². The van der Waals surface area contributed by atoms with Gasteiger partial charge in [0.1, 0.15) is 17.3 Å². The third-order valence-electron chi connectivity index (χ3n) is 5.24. The maximum absolute atomic E-state index is 13.2. The second kappa shape index (κ2) is 10.6. The number of anilines is 1. The lowest BCUT2D eigenvalue weighted by molar-refractivity contribution is 0.0977. The Balaban J connectivity index is 1.84. The molecule has 1 heterocycles. The lowest BCUT2D eigenvalue weighted by atomic mass is 10.1. The standard InChI is InChI=1S/C24H28FN5O3/c1-15-22(16(2)30(3)29-15)10-11-26-24(28-23(31)17-6-8-18(25)9-7-17)27-19-12-20(32-4)14-21(13-19)33-5/h6-9,12-14H,10-11H2,1-5H3,(H2,26,27,28,31). The van der Waals surface area contributed by atoms with E-state index in [0.29, 0.717) is 35.7 Å². The first-order valence-electron chi connectivity index (χ1n) is 10.4. The predicted octanol–water partition coefficient (Wildman–Crippen LogP) is 3.63. The van der Waals surface area contributed by atoms with E-state index in [4.69, 9.17) is 9.47 Å². The summed E-state index contributed by atoms with van der Waals surface area (Å²) in [7, 11) is 5.02. The first kappa shape index (κ1) is 23.8. The van der Waals surface area contributed by atoms with E-state index in [1.807, 2.05) is 25.6 Å². The van der Waals surface area contributed by atoms with Gasteiger partial charge in [0, 0.05) is 48.7 Å². The summed E-state index contributed by atoms with van der Waals surface area (Å²) < 4.78 is 25.7. The Labute approximate surface area is 192 Å². The molecule has 3 rings (SSSR count). The molecule has 0 unspecified atom stereocenters. The summed E-state index contributed by atoms with van der Waals surface area (Å²) in [6.45, 7) is 4.39. The molecule has 9 heteroatoms. The Morgan fingerprint density at radius 3 is 2.27 bits per heavy atom. The Morgan fingerprint density at radius 1 is 1.09 bits per heavy atom. The van der Waals surface area contributed by atoms with Crippen molar-refractivity contribution in [2.24, 2.45) is 12.0 Å². The molecule has 2 N–H and O–H groups in total. The van der Waals surface area contributed by atoms with Gasteiger partial charge in [-0.15, -0.1) is 0 Å². The number of methoxy groups -OCH3 is 2. The van der Waals surface area contributed by atoms with Gasteiger partial charge in [-0.05, 0) is 50.1 Å². The molecule has 0 atom stereocenters. The maximum atomic E-state index is 13.2. The topological polar surface area (TPSA) is 89.8 Å². The SMILES string of the molecule is COc1cc(NC(=NCCc2c(C)nn(C)c2C)NC(=O)c2ccc(F)cc2)cc(OC)c1. The average Bonchev–Trinajstić information content (AvgIpc) is 3.04. The van der Waals surface area contributed by atoms with E-state index in [0.717, 1.165) is 17.0 Å². The zero-order chi connectivity index (χ0) is 24.0. The number of aromatic nitrogens is 2. The minimum Gasteiger partial charge on any atom is -0.497 e. The zero-order valence-corrected chi connectivity index (χ0v) is 19.4. The maximum Gasteiger partial charge on any atom is 0.257 e. The number of ether oxygens (including phenoxy) is 2. The molecule has 0 saturated heterocycles. The second-order valence-electron chi connectivity index (χ2n) is 7.44. The van der Waals surface area contributed by atoms with Gasteiger partial charge in [0.25, 0.3) is 5.91 Å². The van der Waals surface area contributed by atoms with Crippen LogP contribution in [-0.2, 0) is 13.5 Å². The van der Waals surface area contributed by atoms with Crippen LogP contribution in [0.5, 0.6) is 11.5 Å². The third-order valence-corrected chi connectivity index (χ3v) is 5.24. The normalized spacial score (nSPS) is 11.3. The van der Waals surface area contributed by atoms with Crippen LogP contribution in [0.1, 0.15) is 27.3 Å². The van der Waals surface area contributed by atoms with Crippen LogP contribution in [0.3, 0.4) is 0 Å². The van der Waals surface area contributed by atoms with Crippen LogP contribution < -0.4 is 20.1 Å². The first-order valence-corrected chi connectivity index (χ1v) is 10.4. The van der Waals surface area contributed by atoms with E-state index in [1.165, 1.54) is 24.3 Å². The second-order valence-corrected chi connectivity index (χ2v) is 7.44. The summed E-state index contributed by atoms with van der Waals surface area (Å²) in [6, 6.07) is 10.6. The monoisotopic (exact) mass is 453 g/mol. The highest BCUT2D eigenvalue weighted by Gasteiger charge is 2.13. The summed E-state index contributed by atoms with van der Waals surface area (Å²) in [6.07, 6.45) is 0.657. The van der Waals surface area contributed by atoms with Crippen LogP contribution in [-0.4, -0.2) is 42.4 Å². The molecular formula is C24H28FN5O3. The molecule has 2 aromatic carbocycles. The number of nitrogens with one attached hydrogen (secondary N) is 2. The molecule has 0 aliphatic heterocycles. The highest BCUT2D eigenvalue weighted by molar-refractivity contribution is 6.10. The van der Waals surface area contributed by atoms with Crippen molar-refractivity contribution < 1.29 is 18.7 Å². The molecule has 0 bridgehead atoms. The van der Waals surface area contributed by atoms with E-state index in [1.54, 1.807) is 32.4 Å². The number of hydrogen-bond acceptors (Lipinski definition) is 5. The van der Waals surface area contributed by atoms with E-state index in [2.05, 4.69) is 20.7 Å². The van der Waals surface area contributed by atoms with Crippen LogP contribution in [0.4, 0.5) is 10.1 Å². The Hall–Kier alpha value is -3.88. The Morgan fingerprint density at radius 2 is 1.73 bits per heavy atom. The lowest BCUT2D eigenvalue weighted by Gasteiger charge is -2.14. The summed E-state index contributed by atoms with van der Waals surface area (Å²) in [5.74, 6) is 0.596. The summed E-state index contributed by atoms with van der Waals surface area (Å²) in [5.41, 5.74) is 4.08. The number of carbonyl (C=O) groups excluding carboxylic acids is 1. The van der Waals surface area contributed by atoms with Gasteiger partial charge < -0.3 is 14.8 Å². The van der Waals surface area contributed by atoms with Crippen molar-refractivity contribution in [3.05, 3.63) is 70.8 Å². The number of nitrogens with zero attached hydrogens (tertiary/aromatic N) is 3. The van der Waals surface area contributed by atoms with Gasteiger partial charge in [-0.2, -0.15) is 5.10 Å². The molecule has 1 amide bonds. The van der Waals surface area contributed by atoms with Gasteiger partial charge in [-0.1, -0.05) is 0 Å². The molecule has 3 aromatic rings. The predicted molar refractivity (Wildman–Crippen MR) is 126 cm³/mol. The number of aliphatic imine (C=N–C) groups is 1. The lowest BCUT2D eigenvalue weighted by Crippen LogP contribution is -2.36. The highest BCUT2D eigenvalue weighted by atomic mass is 19.1. The fourth-order valence-electron chi connectivity index (χ4n) is 3.37. The smallest absolute Gasteiger partial charge is 0.257 e. The van der Waals surface area contributed by atoms with Crippen molar-refractivity contribution >= 4 is 17.6 Å². The van der Waals surface area contributed by atoms with Gasteiger partial charge in [0.15, 0.2) is 0 Å². The van der Waals surface area contributed by atoms with Crippen LogP contribution in [0.15, 0.2) is 47.5 Å². The molecule has 0 fully saturated rings. The van der Waals surface area contributed by atoms with Crippen LogP contribution in [0, 0.1) is 19.7 Å². The summed E-state index contributed by atoms with van der Waals surface area (Å²) >= 11 is 0. The largest absolute Gasteiger partial charge is 0.497 e. The van der Waals surface area contributed by atoms with Crippen LogP contribution in [0.25, 0.3) is 0 Å². The molecule has 33 heavy (non-hydrogen) atoms. The van der Waals surface area contributed by atoms with Gasteiger partial charge >= 0.3 is 0 Å². The molecule has 8 nitrogen and oxygen atoms in total. The van der Waals surface area contributed by atoms with E-state index >= 15 is 0 Å². The molecule has 0 aliphatic carbocycles. The van der Waals surface area contributed by atoms with Crippen molar-refractivity contribution in [1.29, 1.82) is 0 Å². The van der Waals surface area contributed by atoms with Crippen molar-refractivity contribution in [2.45, 2.75) is 20.3 Å². The van der Waals surface area contributed by atoms with Crippen molar-refractivity contribution in [3.8, 4) is 11.5 Å². The summed E-state index contributed by atoms with van der Waals surface area (Å²) in [5, 5.41) is 10.3. The molecule has 0 radical (unpaired) electrons. The molecule has 174 valence electrons. The van der Waals surface area contributed by atoms with E-state index < -0.39 is 11.7 Å². The number of amides is 1. The summed E-state index contributed by atoms with van der Waals surface area (Å²) in [4.78, 5) is 17.3. The van der Waals surface area contributed by atoms with E-state index in [9.17, 15) is 9.18 Å². The van der Waals surface area contributed by atoms with Gasteiger partial charge in [-0.25, -0.2) is 4.39 Å². The number of rotatable bonds is 7. The fraction of sp³-hybridized carbons (Fsp3) is 0.292. The molecular weight excluding hydrogens is 425 g/mol. The van der Waals surface area contributed by atoms with E-state index in [-0.39, 0.29) is 5.96 Å². The average molecular weight is 454 g/mol. The number of hydrogen-bond donors (Lipinski definition) is 2. The van der Waals surface area contributed by atoms with Crippen molar-refractivity contribution in [2.75, 3.05) is 26.1 Å². The number of halogens is 1. The Kier molecular flexibility index (Phi) is 7.66. The molecule has 0 aliphatic rings. The van der Waals surface area contributed by atoms with Gasteiger partial charge in [0.05, 0.1) is 19.9 Å². The zero-order valence-electron chi connectivity index (χ0n) is 19.4. The van der Waals surface area contributed by atoms with Crippen molar-refractivity contribution in [3.63, 3.8) is 0 Å². The van der Waals surface area contributed by atoms with Gasteiger partial charge in [-0.3, -0.25) is 19.8 Å². The molecule has 0 saturated carbocycles. The third kappa shape index (κ3) is 6.09. The quantitative estimate of drug-likeness (QED) is 0.421. The van der Waals surface area contributed by atoms with Crippen LogP contribution >= 0.6 is 0 Å². The number of benzene rings is 2. The molecule has 0 spiro atoms. The molecule has 1 aromatic heterocycles. The highest BCUT2D eigenvalue weighted by Crippen LogP contribution is 2.25. The Bertz CT molecular complexity index is 1130. The van der Waals surface area contributed by atoms with Crippen molar-refractivity contribution in [1.82, 2.24) is 15.1 Å². The number of carbonyl (C=O) groups is 1. The number of aryl methyl sites for hydroxylation is 2. The van der Waals surface area contributed by atoms with Gasteiger partial charge in [0.2, 0.25) is 5.96 Å². The first-order chi connectivity index (χ1) is 15.8. The fourth-order valence-corrected chi connectivity index (χ4v) is 3.37. The number of guanidine groups is 1. The minimum absolute atomic E-state index is 0.249.